The van der Waals surface area contributed by atoms with Crippen molar-refractivity contribution >= 4 is 17.3 Å². The molecule has 1 heterocycles. The van der Waals surface area contributed by atoms with Crippen LogP contribution in [0.3, 0.4) is 0 Å². The van der Waals surface area contributed by atoms with Crippen LogP contribution in [0.15, 0.2) is 18.2 Å². The Kier molecular flexibility index (Phi) is 2.06. The van der Waals surface area contributed by atoms with E-state index >= 15 is 0 Å². The average molecular weight is 246 g/mol. The first-order valence-corrected chi connectivity index (χ1v) is 6.10. The summed E-state index contributed by atoms with van der Waals surface area (Å²) in [5.41, 5.74) is 1.76. The normalized spacial score (nSPS) is 27.7. The van der Waals surface area contributed by atoms with Crippen LogP contribution in [-0.4, -0.2) is 16.4 Å². The van der Waals surface area contributed by atoms with Gasteiger partial charge in [-0.25, -0.2) is 0 Å². The molecule has 94 valence electrons. The molecule has 1 aliphatic heterocycles. The molecule has 0 N–H and O–H groups in total. The van der Waals surface area contributed by atoms with Crippen molar-refractivity contribution in [2.75, 3.05) is 4.90 Å². The first-order chi connectivity index (χ1) is 8.49. The lowest BCUT2D eigenvalue weighted by molar-refractivity contribution is -0.384. The fourth-order valence-corrected chi connectivity index (χ4v) is 3.04. The van der Waals surface area contributed by atoms with E-state index in [2.05, 4.69) is 6.92 Å². The second kappa shape index (κ2) is 3.31. The summed E-state index contributed by atoms with van der Waals surface area (Å²) in [5.74, 6) is 0.357. The van der Waals surface area contributed by atoms with Crippen LogP contribution in [-0.2, 0) is 4.79 Å². The molecule has 1 aromatic carbocycles. The van der Waals surface area contributed by atoms with Gasteiger partial charge < -0.3 is 4.90 Å². The molecule has 1 saturated carbocycles. The van der Waals surface area contributed by atoms with Crippen LogP contribution in [0.2, 0.25) is 0 Å². The standard InChI is InChI=1S/C13H14N2O3/c1-3-12(16)14-11-5-4-8(15(17)18)6-9(11)10-7-13(10,14)2/h4-6,10H,3,7H2,1-2H3. The maximum absolute atomic E-state index is 12.0. The third-order valence-electron chi connectivity index (χ3n) is 4.11. The van der Waals surface area contributed by atoms with Gasteiger partial charge in [0, 0.05) is 30.2 Å². The van der Waals surface area contributed by atoms with Gasteiger partial charge in [0.2, 0.25) is 5.91 Å². The van der Waals surface area contributed by atoms with Crippen molar-refractivity contribution < 1.29 is 9.72 Å². The van der Waals surface area contributed by atoms with Gasteiger partial charge in [0.05, 0.1) is 10.5 Å². The van der Waals surface area contributed by atoms with E-state index in [-0.39, 0.29) is 28.0 Å². The molecule has 2 unspecified atom stereocenters. The molecule has 0 saturated heterocycles. The summed E-state index contributed by atoms with van der Waals surface area (Å²) in [4.78, 5) is 24.3. The minimum atomic E-state index is -0.385. The van der Waals surface area contributed by atoms with Gasteiger partial charge in [-0.15, -0.1) is 0 Å². The zero-order valence-electron chi connectivity index (χ0n) is 10.3. The molecule has 0 bridgehead atoms. The molecular weight excluding hydrogens is 232 g/mol. The number of anilines is 1. The Morgan fingerprint density at radius 1 is 1.61 bits per heavy atom. The highest BCUT2D eigenvalue weighted by Gasteiger charge is 2.62. The van der Waals surface area contributed by atoms with Gasteiger partial charge in [0.25, 0.3) is 5.69 Å². The third kappa shape index (κ3) is 1.24. The molecule has 2 aliphatic rings. The molecule has 2 atom stereocenters. The highest BCUT2D eigenvalue weighted by molar-refractivity contribution is 5.99. The molecule has 1 amide bonds. The number of rotatable bonds is 2. The number of nitrogens with zero attached hydrogens (tertiary/aromatic N) is 2. The summed E-state index contributed by atoms with van der Waals surface area (Å²) in [6.07, 6.45) is 1.37. The van der Waals surface area contributed by atoms with Gasteiger partial charge in [0.1, 0.15) is 0 Å². The largest absolute Gasteiger partial charge is 0.306 e. The monoisotopic (exact) mass is 246 g/mol. The van der Waals surface area contributed by atoms with E-state index in [1.165, 1.54) is 6.07 Å². The van der Waals surface area contributed by atoms with Crippen molar-refractivity contribution in [1.29, 1.82) is 0 Å². The number of hydrogen-bond donors (Lipinski definition) is 0. The molecule has 1 fully saturated rings. The Morgan fingerprint density at radius 2 is 2.33 bits per heavy atom. The Labute approximate surface area is 105 Å². The van der Waals surface area contributed by atoms with E-state index in [1.54, 1.807) is 12.1 Å². The quantitative estimate of drug-likeness (QED) is 0.595. The van der Waals surface area contributed by atoms with Crippen LogP contribution in [0.25, 0.3) is 0 Å². The number of fused-ring (bicyclic) bond motifs is 3. The Morgan fingerprint density at radius 3 is 2.94 bits per heavy atom. The van der Waals surface area contributed by atoms with Crippen LogP contribution in [0.5, 0.6) is 0 Å². The van der Waals surface area contributed by atoms with Crippen LogP contribution in [0.4, 0.5) is 11.4 Å². The van der Waals surface area contributed by atoms with E-state index in [0.717, 1.165) is 17.7 Å². The predicted molar refractivity (Wildman–Crippen MR) is 66.6 cm³/mol. The lowest BCUT2D eigenvalue weighted by atomic mass is 10.1. The van der Waals surface area contributed by atoms with Crippen LogP contribution in [0.1, 0.15) is 38.2 Å². The number of hydrogen-bond acceptors (Lipinski definition) is 3. The van der Waals surface area contributed by atoms with Gasteiger partial charge in [-0.3, -0.25) is 14.9 Å². The van der Waals surface area contributed by atoms with Gasteiger partial charge in [-0.1, -0.05) is 6.92 Å². The van der Waals surface area contributed by atoms with E-state index in [0.29, 0.717) is 6.42 Å². The summed E-state index contributed by atoms with van der Waals surface area (Å²) in [6, 6.07) is 4.80. The molecule has 18 heavy (non-hydrogen) atoms. The van der Waals surface area contributed by atoms with Crippen molar-refractivity contribution in [3.8, 4) is 0 Å². The lowest BCUT2D eigenvalue weighted by Crippen LogP contribution is -2.38. The summed E-state index contributed by atoms with van der Waals surface area (Å²) in [7, 11) is 0. The van der Waals surface area contributed by atoms with Gasteiger partial charge in [-0.2, -0.15) is 0 Å². The maximum atomic E-state index is 12.0. The zero-order chi connectivity index (χ0) is 13.1. The molecule has 0 spiro atoms. The minimum absolute atomic E-state index is 0.0904. The number of amides is 1. The number of benzene rings is 1. The number of non-ortho nitro benzene ring substituents is 1. The van der Waals surface area contributed by atoms with Gasteiger partial charge in [-0.05, 0) is 25.0 Å². The number of nitro benzene ring substituents is 1. The van der Waals surface area contributed by atoms with Crippen molar-refractivity contribution in [1.82, 2.24) is 0 Å². The first kappa shape index (κ1) is 11.2. The van der Waals surface area contributed by atoms with Crippen molar-refractivity contribution in [3.63, 3.8) is 0 Å². The molecule has 0 aromatic heterocycles. The van der Waals surface area contributed by atoms with Gasteiger partial charge in [0.15, 0.2) is 0 Å². The Hall–Kier alpha value is -1.91. The maximum Gasteiger partial charge on any atom is 0.269 e. The van der Waals surface area contributed by atoms with E-state index < -0.39 is 0 Å². The second-order valence-electron chi connectivity index (χ2n) is 5.20. The van der Waals surface area contributed by atoms with Crippen LogP contribution in [0, 0.1) is 10.1 Å². The number of nitro groups is 1. The van der Waals surface area contributed by atoms with Crippen LogP contribution >= 0.6 is 0 Å². The Balaban J connectivity index is 2.10. The molecule has 1 aromatic rings. The number of carbonyl (C=O) groups is 1. The highest BCUT2D eigenvalue weighted by Crippen LogP contribution is 2.64. The molecule has 5 nitrogen and oxygen atoms in total. The van der Waals surface area contributed by atoms with Crippen LogP contribution < -0.4 is 4.90 Å². The Bertz CT molecular complexity index is 569. The zero-order valence-corrected chi connectivity index (χ0v) is 10.3. The van der Waals surface area contributed by atoms with E-state index in [9.17, 15) is 14.9 Å². The lowest BCUT2D eigenvalue weighted by Gasteiger charge is -2.26. The molecular formula is C13H14N2O3. The van der Waals surface area contributed by atoms with E-state index in [4.69, 9.17) is 0 Å². The van der Waals surface area contributed by atoms with Gasteiger partial charge >= 0.3 is 0 Å². The summed E-state index contributed by atoms with van der Waals surface area (Å²) < 4.78 is 0. The number of carbonyl (C=O) groups excluding carboxylic acids is 1. The smallest absolute Gasteiger partial charge is 0.269 e. The summed E-state index contributed by atoms with van der Waals surface area (Å²) in [5, 5.41) is 10.8. The first-order valence-electron chi connectivity index (χ1n) is 6.10. The second-order valence-corrected chi connectivity index (χ2v) is 5.20. The summed E-state index contributed by atoms with van der Waals surface area (Å²) >= 11 is 0. The van der Waals surface area contributed by atoms with E-state index in [1.807, 2.05) is 11.8 Å². The molecule has 3 rings (SSSR count). The van der Waals surface area contributed by atoms with Crippen molar-refractivity contribution in [2.45, 2.75) is 38.1 Å². The molecule has 0 radical (unpaired) electrons. The van der Waals surface area contributed by atoms with Crippen molar-refractivity contribution in [2.24, 2.45) is 0 Å². The minimum Gasteiger partial charge on any atom is -0.306 e. The fourth-order valence-electron chi connectivity index (χ4n) is 3.04. The molecule has 5 heteroatoms. The fraction of sp³-hybridized carbons (Fsp3) is 0.462. The SMILES string of the molecule is CCC(=O)N1c2ccc([N+](=O)[O-])cc2C2CC21C. The summed E-state index contributed by atoms with van der Waals surface area (Å²) in [6.45, 7) is 3.89. The predicted octanol–water partition coefficient (Wildman–Crippen LogP) is 2.60. The average Bonchev–Trinajstić information content (AvgIpc) is 2.95. The highest BCUT2D eigenvalue weighted by atomic mass is 16.6. The third-order valence-corrected chi connectivity index (χ3v) is 4.11. The topological polar surface area (TPSA) is 63.5 Å². The molecule has 1 aliphatic carbocycles. The van der Waals surface area contributed by atoms with Crippen molar-refractivity contribution in [3.05, 3.63) is 33.9 Å².